The average molecular weight is 207 g/mol. The van der Waals surface area contributed by atoms with Crippen LogP contribution in [0.5, 0.6) is 0 Å². The topological polar surface area (TPSA) is 35.5 Å². The SMILES string of the molecule is CC[C@H]1[C@@H](C(=O)OC)OCC[C@@H]1Cl. The summed E-state index contributed by atoms with van der Waals surface area (Å²) in [6.07, 6.45) is 1.19. The van der Waals surface area contributed by atoms with Gasteiger partial charge in [-0.1, -0.05) is 6.92 Å². The van der Waals surface area contributed by atoms with E-state index in [2.05, 4.69) is 4.74 Å². The molecule has 0 aromatic rings. The Morgan fingerprint density at radius 3 is 2.92 bits per heavy atom. The van der Waals surface area contributed by atoms with Gasteiger partial charge >= 0.3 is 5.97 Å². The molecule has 0 radical (unpaired) electrons. The molecular formula is C9H15ClO3. The van der Waals surface area contributed by atoms with Crippen molar-refractivity contribution in [3.63, 3.8) is 0 Å². The molecule has 76 valence electrons. The van der Waals surface area contributed by atoms with Gasteiger partial charge in [0.1, 0.15) is 0 Å². The Kier molecular flexibility index (Phi) is 4.00. The maximum atomic E-state index is 11.3. The van der Waals surface area contributed by atoms with Gasteiger partial charge in [0.05, 0.1) is 7.11 Å². The van der Waals surface area contributed by atoms with E-state index in [9.17, 15) is 4.79 Å². The first-order valence-corrected chi connectivity index (χ1v) is 4.97. The number of methoxy groups -OCH3 is 1. The molecule has 0 aliphatic carbocycles. The van der Waals surface area contributed by atoms with Crippen LogP contribution in [0.1, 0.15) is 19.8 Å². The van der Waals surface area contributed by atoms with Crippen molar-refractivity contribution in [1.29, 1.82) is 0 Å². The fourth-order valence-electron chi connectivity index (χ4n) is 1.66. The zero-order chi connectivity index (χ0) is 9.84. The van der Waals surface area contributed by atoms with Crippen LogP contribution in [0, 0.1) is 5.92 Å². The van der Waals surface area contributed by atoms with E-state index < -0.39 is 6.10 Å². The Morgan fingerprint density at radius 2 is 2.38 bits per heavy atom. The molecule has 0 bridgehead atoms. The molecule has 3 atom stereocenters. The Bertz CT molecular complexity index is 184. The summed E-state index contributed by atoms with van der Waals surface area (Å²) in [5.41, 5.74) is 0. The molecule has 0 amide bonds. The lowest BCUT2D eigenvalue weighted by Gasteiger charge is -2.32. The first kappa shape index (κ1) is 10.8. The maximum absolute atomic E-state index is 11.3. The van der Waals surface area contributed by atoms with Crippen molar-refractivity contribution in [3.05, 3.63) is 0 Å². The molecule has 4 heteroatoms. The molecule has 0 spiro atoms. The highest BCUT2D eigenvalue weighted by Gasteiger charge is 2.37. The van der Waals surface area contributed by atoms with Crippen LogP contribution in [0.25, 0.3) is 0 Å². The van der Waals surface area contributed by atoms with E-state index in [0.717, 1.165) is 12.8 Å². The number of esters is 1. The van der Waals surface area contributed by atoms with Crippen molar-refractivity contribution in [2.45, 2.75) is 31.2 Å². The molecule has 1 rings (SSSR count). The van der Waals surface area contributed by atoms with E-state index in [1.165, 1.54) is 7.11 Å². The highest BCUT2D eigenvalue weighted by Crippen LogP contribution is 2.28. The van der Waals surface area contributed by atoms with Crippen molar-refractivity contribution < 1.29 is 14.3 Å². The Hall–Kier alpha value is -0.280. The van der Waals surface area contributed by atoms with Gasteiger partial charge in [0.2, 0.25) is 0 Å². The summed E-state index contributed by atoms with van der Waals surface area (Å²) in [7, 11) is 1.37. The minimum Gasteiger partial charge on any atom is -0.467 e. The summed E-state index contributed by atoms with van der Waals surface area (Å²) in [6.45, 7) is 2.55. The molecule has 0 aromatic heterocycles. The number of halogens is 1. The molecule has 1 aliphatic rings. The van der Waals surface area contributed by atoms with Gasteiger partial charge < -0.3 is 9.47 Å². The quantitative estimate of drug-likeness (QED) is 0.509. The molecule has 3 nitrogen and oxygen atoms in total. The zero-order valence-corrected chi connectivity index (χ0v) is 8.71. The first-order valence-electron chi connectivity index (χ1n) is 4.54. The summed E-state index contributed by atoms with van der Waals surface area (Å²) in [6, 6.07) is 0. The largest absolute Gasteiger partial charge is 0.467 e. The number of carbonyl (C=O) groups excluding carboxylic acids is 1. The van der Waals surface area contributed by atoms with Crippen molar-refractivity contribution in [2.24, 2.45) is 5.92 Å². The Balaban J connectivity index is 2.64. The molecule has 1 fully saturated rings. The second kappa shape index (κ2) is 4.82. The molecule has 0 aromatic carbocycles. The molecule has 1 saturated heterocycles. The second-order valence-electron chi connectivity index (χ2n) is 3.19. The number of hydrogen-bond donors (Lipinski definition) is 0. The smallest absolute Gasteiger partial charge is 0.335 e. The van der Waals surface area contributed by atoms with Crippen molar-refractivity contribution in [1.82, 2.24) is 0 Å². The number of carbonyl (C=O) groups is 1. The molecule has 0 unspecified atom stereocenters. The molecule has 1 aliphatic heterocycles. The van der Waals surface area contributed by atoms with Crippen molar-refractivity contribution in [3.8, 4) is 0 Å². The first-order chi connectivity index (χ1) is 6.20. The standard InChI is InChI=1S/C9H15ClO3/c1-3-6-7(10)4-5-13-8(6)9(11)12-2/h6-8H,3-5H2,1-2H3/t6-,7+,8+/m1/s1. The normalized spacial score (nSPS) is 34.2. The van der Waals surface area contributed by atoms with Gasteiger partial charge in [-0.25, -0.2) is 4.79 Å². The summed E-state index contributed by atoms with van der Waals surface area (Å²) < 4.78 is 9.99. The zero-order valence-electron chi connectivity index (χ0n) is 7.96. The van der Waals surface area contributed by atoms with Crippen LogP contribution in [0.4, 0.5) is 0 Å². The third-order valence-corrected chi connectivity index (χ3v) is 2.99. The highest BCUT2D eigenvalue weighted by atomic mass is 35.5. The minimum atomic E-state index is -0.466. The van der Waals surface area contributed by atoms with Crippen molar-refractivity contribution >= 4 is 17.6 Å². The fraction of sp³-hybridized carbons (Fsp3) is 0.889. The van der Waals surface area contributed by atoms with E-state index in [4.69, 9.17) is 16.3 Å². The lowest BCUT2D eigenvalue weighted by atomic mass is 9.91. The van der Waals surface area contributed by atoms with Crippen LogP contribution in [0.2, 0.25) is 0 Å². The second-order valence-corrected chi connectivity index (χ2v) is 3.75. The van der Waals surface area contributed by atoms with Crippen LogP contribution in [-0.2, 0) is 14.3 Å². The summed E-state index contributed by atoms with van der Waals surface area (Å²) >= 11 is 6.09. The summed E-state index contributed by atoms with van der Waals surface area (Å²) in [5, 5.41) is 0.0304. The van der Waals surface area contributed by atoms with Crippen LogP contribution in [-0.4, -0.2) is 31.2 Å². The molecule has 1 heterocycles. The van der Waals surface area contributed by atoms with Gasteiger partial charge in [-0.15, -0.1) is 11.6 Å². The van der Waals surface area contributed by atoms with Gasteiger partial charge in [-0.05, 0) is 12.8 Å². The van der Waals surface area contributed by atoms with E-state index in [1.54, 1.807) is 0 Å². The fourth-order valence-corrected chi connectivity index (χ4v) is 2.06. The number of hydrogen-bond acceptors (Lipinski definition) is 3. The third kappa shape index (κ3) is 2.35. The monoisotopic (exact) mass is 206 g/mol. The highest BCUT2D eigenvalue weighted by molar-refractivity contribution is 6.21. The summed E-state index contributed by atoms with van der Waals surface area (Å²) in [5.74, 6) is -0.222. The van der Waals surface area contributed by atoms with Gasteiger partial charge in [-0.3, -0.25) is 0 Å². The van der Waals surface area contributed by atoms with Crippen LogP contribution < -0.4 is 0 Å². The van der Waals surface area contributed by atoms with E-state index in [-0.39, 0.29) is 17.3 Å². The number of ether oxygens (including phenoxy) is 2. The van der Waals surface area contributed by atoms with E-state index in [1.807, 2.05) is 6.92 Å². The van der Waals surface area contributed by atoms with Gasteiger partial charge in [0.15, 0.2) is 6.10 Å². The van der Waals surface area contributed by atoms with Gasteiger partial charge in [0, 0.05) is 17.9 Å². The number of rotatable bonds is 2. The third-order valence-electron chi connectivity index (χ3n) is 2.45. The molecular weight excluding hydrogens is 192 g/mol. The van der Waals surface area contributed by atoms with Crippen LogP contribution in [0.15, 0.2) is 0 Å². The summed E-state index contributed by atoms with van der Waals surface area (Å²) in [4.78, 5) is 11.3. The molecule has 13 heavy (non-hydrogen) atoms. The van der Waals surface area contributed by atoms with Gasteiger partial charge in [0.25, 0.3) is 0 Å². The predicted molar refractivity (Wildman–Crippen MR) is 49.8 cm³/mol. The van der Waals surface area contributed by atoms with Crippen LogP contribution >= 0.6 is 11.6 Å². The van der Waals surface area contributed by atoms with Crippen molar-refractivity contribution in [2.75, 3.05) is 13.7 Å². The maximum Gasteiger partial charge on any atom is 0.335 e. The minimum absolute atomic E-state index is 0.0304. The number of alkyl halides is 1. The Morgan fingerprint density at radius 1 is 1.69 bits per heavy atom. The molecule has 0 saturated carbocycles. The van der Waals surface area contributed by atoms with E-state index in [0.29, 0.717) is 6.61 Å². The predicted octanol–water partition coefficient (Wildman–Crippen LogP) is 1.58. The Labute approximate surface area is 83.3 Å². The van der Waals surface area contributed by atoms with Gasteiger partial charge in [-0.2, -0.15) is 0 Å². The lowest BCUT2D eigenvalue weighted by molar-refractivity contribution is -0.161. The lowest BCUT2D eigenvalue weighted by Crippen LogP contribution is -2.42. The van der Waals surface area contributed by atoms with E-state index >= 15 is 0 Å². The molecule has 0 N–H and O–H groups in total. The van der Waals surface area contributed by atoms with Crippen LogP contribution in [0.3, 0.4) is 0 Å². The average Bonchev–Trinajstić information content (AvgIpc) is 2.16.